The molecule has 3 unspecified atom stereocenters. The molecule has 0 radical (unpaired) electrons. The van der Waals surface area contributed by atoms with E-state index in [0.717, 1.165) is 19.4 Å². The fourth-order valence-corrected chi connectivity index (χ4v) is 4.14. The lowest BCUT2D eigenvalue weighted by molar-refractivity contribution is -0.135. The van der Waals surface area contributed by atoms with Gasteiger partial charge < -0.3 is 10.2 Å². The molecule has 0 bridgehead atoms. The van der Waals surface area contributed by atoms with Crippen molar-refractivity contribution in [3.63, 3.8) is 0 Å². The van der Waals surface area contributed by atoms with Gasteiger partial charge in [-0.05, 0) is 33.2 Å². The van der Waals surface area contributed by atoms with E-state index in [9.17, 15) is 13.2 Å². The maximum Gasteiger partial charge on any atom is 0.240 e. The quantitative estimate of drug-likeness (QED) is 0.707. The van der Waals surface area contributed by atoms with Gasteiger partial charge in [0.05, 0.1) is 17.0 Å². The Morgan fingerprint density at radius 1 is 1.35 bits per heavy atom. The van der Waals surface area contributed by atoms with E-state index in [2.05, 4.69) is 5.32 Å². The minimum atomic E-state index is -3.01. The third kappa shape index (κ3) is 2.33. The highest BCUT2D eigenvalue weighted by Gasteiger charge is 2.40. The zero-order valence-corrected chi connectivity index (χ0v) is 11.2. The van der Waals surface area contributed by atoms with Crippen LogP contribution in [0, 0.1) is 0 Å². The number of carbonyl (C=O) groups excluding carboxylic acids is 1. The summed E-state index contributed by atoms with van der Waals surface area (Å²) in [6.07, 6.45) is 1.88. The van der Waals surface area contributed by atoms with Crippen molar-refractivity contribution in [3.8, 4) is 0 Å². The summed E-state index contributed by atoms with van der Waals surface area (Å²) in [5.41, 5.74) is 0. The van der Waals surface area contributed by atoms with E-state index in [1.165, 1.54) is 0 Å². The summed E-state index contributed by atoms with van der Waals surface area (Å²) in [5.74, 6) is 0.161. The predicted octanol–water partition coefficient (Wildman–Crippen LogP) is -0.228. The lowest BCUT2D eigenvalue weighted by Gasteiger charge is -2.38. The maximum atomic E-state index is 12.2. The van der Waals surface area contributed by atoms with E-state index in [1.807, 2.05) is 6.92 Å². The number of sulfone groups is 1. The zero-order chi connectivity index (χ0) is 12.6. The van der Waals surface area contributed by atoms with E-state index < -0.39 is 15.1 Å². The molecule has 2 rings (SSSR count). The Balaban J connectivity index is 2.10. The average molecular weight is 260 g/mol. The van der Waals surface area contributed by atoms with Gasteiger partial charge >= 0.3 is 0 Å². The van der Waals surface area contributed by atoms with Gasteiger partial charge in [-0.25, -0.2) is 8.42 Å². The van der Waals surface area contributed by atoms with Crippen molar-refractivity contribution in [1.29, 1.82) is 0 Å². The number of hydrogen-bond donors (Lipinski definition) is 1. The summed E-state index contributed by atoms with van der Waals surface area (Å²) in [6.45, 7) is 4.74. The average Bonchev–Trinajstić information content (AvgIpc) is 2.79. The van der Waals surface area contributed by atoms with Gasteiger partial charge in [-0.2, -0.15) is 0 Å². The molecule has 2 heterocycles. The van der Waals surface area contributed by atoms with Crippen LogP contribution < -0.4 is 5.32 Å². The summed E-state index contributed by atoms with van der Waals surface area (Å²) < 4.78 is 23.5. The summed E-state index contributed by atoms with van der Waals surface area (Å²) in [7, 11) is -3.01. The Kier molecular flexibility index (Phi) is 3.45. The molecule has 5 nitrogen and oxygen atoms in total. The predicted molar refractivity (Wildman–Crippen MR) is 65.4 cm³/mol. The van der Waals surface area contributed by atoms with Crippen LogP contribution >= 0.6 is 0 Å². The molecular weight excluding hydrogens is 240 g/mol. The molecular formula is C11H20N2O3S. The Hall–Kier alpha value is -0.620. The minimum Gasteiger partial charge on any atom is -0.336 e. The monoisotopic (exact) mass is 260 g/mol. The highest BCUT2D eigenvalue weighted by Crippen LogP contribution is 2.21. The normalized spacial score (nSPS) is 37.1. The van der Waals surface area contributed by atoms with Gasteiger partial charge in [0.2, 0.25) is 5.91 Å². The van der Waals surface area contributed by atoms with Gasteiger partial charge in [-0.1, -0.05) is 0 Å². The van der Waals surface area contributed by atoms with E-state index in [0.29, 0.717) is 6.54 Å². The zero-order valence-electron chi connectivity index (χ0n) is 10.3. The third-order valence-electron chi connectivity index (χ3n) is 4.00. The number of amides is 1. The molecule has 0 saturated carbocycles. The van der Waals surface area contributed by atoms with Crippen molar-refractivity contribution in [2.24, 2.45) is 0 Å². The standard InChI is InChI=1S/C11H20N2O3S/c1-8-9(2)17(15,16)7-6-13(8)11(14)10-4-3-5-12-10/h8-10,12H,3-7H2,1-2H3. The molecule has 17 heavy (non-hydrogen) atoms. The second-order valence-corrected chi connectivity index (χ2v) is 7.47. The fourth-order valence-electron chi connectivity index (χ4n) is 2.57. The number of hydrogen-bond acceptors (Lipinski definition) is 4. The fraction of sp³-hybridized carbons (Fsp3) is 0.909. The Bertz CT molecular complexity index is 401. The minimum absolute atomic E-state index is 0.0664. The van der Waals surface area contributed by atoms with Crippen molar-refractivity contribution in [1.82, 2.24) is 10.2 Å². The number of nitrogens with one attached hydrogen (secondary N) is 1. The Morgan fingerprint density at radius 2 is 2.06 bits per heavy atom. The largest absolute Gasteiger partial charge is 0.336 e. The molecule has 2 saturated heterocycles. The first-order valence-corrected chi connectivity index (χ1v) is 7.90. The Labute approximate surface area is 102 Å². The molecule has 98 valence electrons. The van der Waals surface area contributed by atoms with Crippen LogP contribution in [0.15, 0.2) is 0 Å². The molecule has 0 aliphatic carbocycles. The van der Waals surface area contributed by atoms with Crippen LogP contribution in [0.25, 0.3) is 0 Å². The van der Waals surface area contributed by atoms with Crippen molar-refractivity contribution >= 4 is 15.7 Å². The summed E-state index contributed by atoms with van der Waals surface area (Å²) in [4.78, 5) is 14.0. The number of rotatable bonds is 1. The molecule has 2 aliphatic rings. The number of nitrogens with zero attached hydrogens (tertiary/aromatic N) is 1. The summed E-state index contributed by atoms with van der Waals surface area (Å²) in [6, 6.07) is -0.325. The molecule has 1 amide bonds. The molecule has 0 aromatic carbocycles. The summed E-state index contributed by atoms with van der Waals surface area (Å²) in [5, 5.41) is 2.71. The molecule has 0 aromatic rings. The highest BCUT2D eigenvalue weighted by atomic mass is 32.2. The molecule has 1 N–H and O–H groups in total. The smallest absolute Gasteiger partial charge is 0.240 e. The van der Waals surface area contributed by atoms with Gasteiger partial charge in [-0.3, -0.25) is 4.79 Å². The molecule has 2 aliphatic heterocycles. The lowest BCUT2D eigenvalue weighted by Crippen LogP contribution is -2.57. The van der Waals surface area contributed by atoms with Crippen molar-refractivity contribution in [2.45, 2.75) is 44.0 Å². The molecule has 6 heteroatoms. The van der Waals surface area contributed by atoms with Crippen LogP contribution in [0.1, 0.15) is 26.7 Å². The van der Waals surface area contributed by atoms with Crippen LogP contribution in [0.5, 0.6) is 0 Å². The summed E-state index contributed by atoms with van der Waals surface area (Å²) >= 11 is 0. The van der Waals surface area contributed by atoms with Crippen LogP contribution in [0.4, 0.5) is 0 Å². The molecule has 3 atom stereocenters. The first kappa shape index (κ1) is 12.8. The van der Waals surface area contributed by atoms with Gasteiger partial charge in [0, 0.05) is 12.6 Å². The van der Waals surface area contributed by atoms with Crippen LogP contribution in [-0.2, 0) is 14.6 Å². The van der Waals surface area contributed by atoms with E-state index in [4.69, 9.17) is 0 Å². The second-order valence-electron chi connectivity index (χ2n) is 4.99. The molecule has 2 fully saturated rings. The van der Waals surface area contributed by atoms with Gasteiger partial charge in [-0.15, -0.1) is 0 Å². The number of carbonyl (C=O) groups is 1. The molecule has 0 spiro atoms. The van der Waals surface area contributed by atoms with E-state index >= 15 is 0 Å². The van der Waals surface area contributed by atoms with E-state index in [-0.39, 0.29) is 23.7 Å². The SMILES string of the molecule is CC1C(C)S(=O)(=O)CCN1C(=O)C1CCCN1. The van der Waals surface area contributed by atoms with Gasteiger partial charge in [0.1, 0.15) is 0 Å². The van der Waals surface area contributed by atoms with Crippen LogP contribution in [0.2, 0.25) is 0 Å². The first-order chi connectivity index (χ1) is 7.93. The third-order valence-corrected chi connectivity index (χ3v) is 6.27. The van der Waals surface area contributed by atoms with Crippen molar-refractivity contribution in [2.75, 3.05) is 18.8 Å². The second kappa shape index (κ2) is 4.57. The maximum absolute atomic E-state index is 12.2. The highest BCUT2D eigenvalue weighted by molar-refractivity contribution is 7.92. The van der Waals surface area contributed by atoms with Gasteiger partial charge in [0.25, 0.3) is 0 Å². The van der Waals surface area contributed by atoms with Crippen LogP contribution in [0.3, 0.4) is 0 Å². The topological polar surface area (TPSA) is 66.5 Å². The van der Waals surface area contributed by atoms with E-state index in [1.54, 1.807) is 11.8 Å². The molecule has 0 aromatic heterocycles. The van der Waals surface area contributed by atoms with Crippen molar-refractivity contribution < 1.29 is 13.2 Å². The Morgan fingerprint density at radius 3 is 2.65 bits per heavy atom. The van der Waals surface area contributed by atoms with Gasteiger partial charge in [0.15, 0.2) is 9.84 Å². The van der Waals surface area contributed by atoms with Crippen molar-refractivity contribution in [3.05, 3.63) is 0 Å². The van der Waals surface area contributed by atoms with Crippen LogP contribution in [-0.4, -0.2) is 55.4 Å². The first-order valence-electron chi connectivity index (χ1n) is 6.19. The lowest BCUT2D eigenvalue weighted by atomic mass is 10.1.